The molecule has 0 spiro atoms. The summed E-state index contributed by atoms with van der Waals surface area (Å²) in [6.45, 7) is 0.651. The lowest BCUT2D eigenvalue weighted by atomic mass is 10.1. The van der Waals surface area contributed by atoms with Crippen LogP contribution in [0.2, 0.25) is 0 Å². The van der Waals surface area contributed by atoms with E-state index >= 15 is 0 Å². The Hall–Kier alpha value is -2.52. The fourth-order valence-electron chi connectivity index (χ4n) is 4.08. The molecule has 1 saturated heterocycles. The molecule has 33 heavy (non-hydrogen) atoms. The van der Waals surface area contributed by atoms with Crippen LogP contribution >= 0.6 is 23.5 Å². The van der Waals surface area contributed by atoms with Crippen molar-refractivity contribution >= 4 is 35.1 Å². The van der Waals surface area contributed by atoms with Crippen LogP contribution < -0.4 is 10.1 Å². The Morgan fingerprint density at radius 2 is 1.91 bits per heavy atom. The number of carbonyl (C=O) groups excluding carboxylic acids is 1. The van der Waals surface area contributed by atoms with Gasteiger partial charge in [-0.3, -0.25) is 4.79 Å². The molecular formula is C24H25FN4O2S2. The van der Waals surface area contributed by atoms with E-state index in [4.69, 9.17) is 4.74 Å². The van der Waals surface area contributed by atoms with Gasteiger partial charge in [-0.25, -0.2) is 4.39 Å². The van der Waals surface area contributed by atoms with Crippen molar-refractivity contribution in [2.45, 2.75) is 36.8 Å². The van der Waals surface area contributed by atoms with Gasteiger partial charge in [-0.1, -0.05) is 18.6 Å². The molecule has 1 N–H and O–H groups in total. The van der Waals surface area contributed by atoms with Gasteiger partial charge >= 0.3 is 0 Å². The molecule has 9 heteroatoms. The molecule has 2 aliphatic heterocycles. The predicted molar refractivity (Wildman–Crippen MR) is 131 cm³/mol. The van der Waals surface area contributed by atoms with Crippen LogP contribution in [-0.2, 0) is 17.8 Å². The minimum absolute atomic E-state index is 0.126. The second-order valence-corrected chi connectivity index (χ2v) is 10.8. The summed E-state index contributed by atoms with van der Waals surface area (Å²) >= 11 is 3.90. The standard InChI is InChI=1S/C24H25FN4O2S2/c25-20-10-7-17(14-19(20)23-28-27-21-4-2-1-3-11-29(21)23)26-22(30)15-31-18-8-5-16(6-9-18)24-32-12-13-33-24/h5-10,14,24H,1-4,11-13,15H2,(H,26,30). The Labute approximate surface area is 200 Å². The number of anilines is 1. The molecule has 1 fully saturated rings. The number of fused-ring (bicyclic) bond motifs is 1. The maximum Gasteiger partial charge on any atom is 0.262 e. The number of hydrogen-bond donors (Lipinski definition) is 1. The van der Waals surface area contributed by atoms with Crippen molar-refractivity contribution in [2.75, 3.05) is 23.4 Å². The van der Waals surface area contributed by atoms with E-state index in [0.717, 1.165) is 38.1 Å². The van der Waals surface area contributed by atoms with Crippen molar-refractivity contribution in [1.29, 1.82) is 0 Å². The lowest BCUT2D eigenvalue weighted by molar-refractivity contribution is -0.118. The van der Waals surface area contributed by atoms with Gasteiger partial charge in [0.05, 0.1) is 10.1 Å². The third-order valence-electron chi connectivity index (χ3n) is 5.74. The third-order valence-corrected chi connectivity index (χ3v) is 8.85. The molecule has 0 atom stereocenters. The molecule has 1 aromatic heterocycles. The van der Waals surface area contributed by atoms with Crippen LogP contribution in [0.3, 0.4) is 0 Å². The van der Waals surface area contributed by atoms with Crippen molar-refractivity contribution in [3.05, 3.63) is 59.7 Å². The minimum atomic E-state index is -0.387. The highest BCUT2D eigenvalue weighted by Crippen LogP contribution is 2.45. The first kappa shape index (κ1) is 22.3. The van der Waals surface area contributed by atoms with Gasteiger partial charge in [0.1, 0.15) is 17.4 Å². The number of amides is 1. The summed E-state index contributed by atoms with van der Waals surface area (Å²) in [5.41, 5.74) is 2.11. The molecule has 5 rings (SSSR count). The second kappa shape index (κ2) is 10.2. The summed E-state index contributed by atoms with van der Waals surface area (Å²) in [7, 11) is 0. The number of benzene rings is 2. The highest BCUT2D eigenvalue weighted by Gasteiger charge is 2.20. The van der Waals surface area contributed by atoms with Gasteiger partial charge in [0.15, 0.2) is 12.4 Å². The minimum Gasteiger partial charge on any atom is -0.484 e. The molecule has 172 valence electrons. The first-order valence-electron chi connectivity index (χ1n) is 11.2. The highest BCUT2D eigenvalue weighted by molar-refractivity contribution is 8.19. The van der Waals surface area contributed by atoms with Crippen LogP contribution in [0.4, 0.5) is 10.1 Å². The molecule has 3 heterocycles. The fourth-order valence-corrected chi connectivity index (χ4v) is 6.94. The number of rotatable bonds is 6. The number of ether oxygens (including phenoxy) is 1. The first-order chi connectivity index (χ1) is 16.2. The number of nitrogens with zero attached hydrogens (tertiary/aromatic N) is 3. The molecule has 1 amide bonds. The van der Waals surface area contributed by atoms with Gasteiger partial charge in [-0.15, -0.1) is 33.7 Å². The fraction of sp³-hybridized carbons (Fsp3) is 0.375. The van der Waals surface area contributed by atoms with Crippen LogP contribution in [0.1, 0.15) is 35.2 Å². The van der Waals surface area contributed by atoms with E-state index in [1.807, 2.05) is 40.2 Å². The molecule has 0 saturated carbocycles. The van der Waals surface area contributed by atoms with Crippen LogP contribution in [0, 0.1) is 5.82 Å². The van der Waals surface area contributed by atoms with Gasteiger partial charge in [0.2, 0.25) is 0 Å². The second-order valence-electron chi connectivity index (χ2n) is 8.08. The normalized spacial score (nSPS) is 16.3. The number of thioether (sulfide) groups is 2. The topological polar surface area (TPSA) is 69.0 Å². The maximum atomic E-state index is 14.6. The number of nitrogens with one attached hydrogen (secondary N) is 1. The van der Waals surface area contributed by atoms with Crippen LogP contribution in [0.5, 0.6) is 5.75 Å². The average Bonchev–Trinajstić information content (AvgIpc) is 3.45. The summed E-state index contributed by atoms with van der Waals surface area (Å²) in [5.74, 6) is 3.71. The molecule has 2 aliphatic rings. The van der Waals surface area contributed by atoms with Crippen LogP contribution in [0.25, 0.3) is 11.4 Å². The third kappa shape index (κ3) is 5.19. The monoisotopic (exact) mass is 484 g/mol. The number of hydrogen-bond acceptors (Lipinski definition) is 6. The summed E-state index contributed by atoms with van der Waals surface area (Å²) in [6, 6.07) is 12.4. The van der Waals surface area contributed by atoms with E-state index in [2.05, 4.69) is 27.6 Å². The zero-order chi connectivity index (χ0) is 22.6. The zero-order valence-electron chi connectivity index (χ0n) is 18.1. The van der Waals surface area contributed by atoms with E-state index in [9.17, 15) is 9.18 Å². The van der Waals surface area contributed by atoms with E-state index in [-0.39, 0.29) is 18.3 Å². The van der Waals surface area contributed by atoms with E-state index < -0.39 is 0 Å². The van der Waals surface area contributed by atoms with Crippen molar-refractivity contribution in [3.63, 3.8) is 0 Å². The van der Waals surface area contributed by atoms with Crippen molar-refractivity contribution in [3.8, 4) is 17.1 Å². The SMILES string of the molecule is O=C(COc1ccc(C2SCCS2)cc1)Nc1ccc(F)c(-c2nnc3n2CCCCC3)c1. The Kier molecular flexibility index (Phi) is 6.87. The number of carbonyl (C=O) groups is 1. The Bertz CT molecular complexity index is 1130. The Morgan fingerprint density at radius 1 is 1.09 bits per heavy atom. The zero-order valence-corrected chi connectivity index (χ0v) is 19.8. The molecular weight excluding hydrogens is 459 g/mol. The lowest BCUT2D eigenvalue weighted by Crippen LogP contribution is -2.20. The van der Waals surface area contributed by atoms with Gasteiger partial charge in [0.25, 0.3) is 5.91 Å². The molecule has 6 nitrogen and oxygen atoms in total. The predicted octanol–water partition coefficient (Wildman–Crippen LogP) is 5.31. The van der Waals surface area contributed by atoms with Crippen molar-refractivity contribution in [1.82, 2.24) is 14.8 Å². The molecule has 0 radical (unpaired) electrons. The van der Waals surface area contributed by atoms with Crippen molar-refractivity contribution in [2.24, 2.45) is 0 Å². The lowest BCUT2D eigenvalue weighted by Gasteiger charge is -2.12. The van der Waals surface area contributed by atoms with Gasteiger partial charge in [-0.05, 0) is 48.7 Å². The molecule has 3 aromatic rings. The molecule has 2 aromatic carbocycles. The summed E-state index contributed by atoms with van der Waals surface area (Å²) in [6.07, 6.45) is 4.06. The Balaban J connectivity index is 1.23. The average molecular weight is 485 g/mol. The first-order valence-corrected chi connectivity index (χ1v) is 13.2. The summed E-state index contributed by atoms with van der Waals surface area (Å²) < 4.78 is 22.8. The number of aromatic nitrogens is 3. The van der Waals surface area contributed by atoms with Gasteiger partial charge in [0, 0.05) is 30.2 Å². The maximum absolute atomic E-state index is 14.6. The van der Waals surface area contributed by atoms with E-state index in [1.54, 1.807) is 12.1 Å². The summed E-state index contributed by atoms with van der Waals surface area (Å²) in [5, 5.41) is 11.3. The largest absolute Gasteiger partial charge is 0.484 e. The van der Waals surface area contributed by atoms with Crippen LogP contribution in [0.15, 0.2) is 42.5 Å². The van der Waals surface area contributed by atoms with Gasteiger partial charge < -0.3 is 14.6 Å². The van der Waals surface area contributed by atoms with Crippen LogP contribution in [-0.4, -0.2) is 38.8 Å². The van der Waals surface area contributed by atoms with E-state index in [1.165, 1.54) is 23.1 Å². The molecule has 0 bridgehead atoms. The number of aryl methyl sites for hydroxylation is 1. The molecule has 0 aliphatic carbocycles. The van der Waals surface area contributed by atoms with Crippen molar-refractivity contribution < 1.29 is 13.9 Å². The molecule has 0 unspecified atom stereocenters. The smallest absolute Gasteiger partial charge is 0.262 e. The summed E-state index contributed by atoms with van der Waals surface area (Å²) in [4.78, 5) is 12.5. The van der Waals surface area contributed by atoms with Gasteiger partial charge in [-0.2, -0.15) is 0 Å². The van der Waals surface area contributed by atoms with E-state index in [0.29, 0.717) is 27.4 Å². The Morgan fingerprint density at radius 3 is 2.73 bits per heavy atom. The highest BCUT2D eigenvalue weighted by atomic mass is 32.2. The number of halogens is 1. The quantitative estimate of drug-likeness (QED) is 0.512.